The first-order chi connectivity index (χ1) is 13.0. The highest BCUT2D eigenvalue weighted by molar-refractivity contribution is 5.95. The van der Waals surface area contributed by atoms with E-state index in [0.29, 0.717) is 35.8 Å². The standard InChI is InChI=1S/C20H28N2O5/c1-4-6-7-8-11-27-19(24)17-13(3)21-20(25)22-18(17)14-9-10-15(23)16(12-14)26-5-2/h9-10,12,18,23H,4-8,11H2,1-3H3,(H2,21,22,25). The summed E-state index contributed by atoms with van der Waals surface area (Å²) in [6.45, 7) is 6.33. The number of benzene rings is 1. The van der Waals surface area contributed by atoms with Gasteiger partial charge in [0.15, 0.2) is 11.5 Å². The third kappa shape index (κ3) is 5.39. The van der Waals surface area contributed by atoms with Gasteiger partial charge >= 0.3 is 12.0 Å². The molecule has 1 aliphatic rings. The van der Waals surface area contributed by atoms with Gasteiger partial charge in [0, 0.05) is 5.70 Å². The molecule has 2 amide bonds. The highest BCUT2D eigenvalue weighted by Gasteiger charge is 2.32. The second-order valence-electron chi connectivity index (χ2n) is 6.43. The van der Waals surface area contributed by atoms with E-state index in [1.165, 1.54) is 6.07 Å². The van der Waals surface area contributed by atoms with Crippen LogP contribution in [-0.4, -0.2) is 30.3 Å². The number of hydrogen-bond acceptors (Lipinski definition) is 5. The number of phenolic OH excluding ortho intramolecular Hbond substituents is 1. The Morgan fingerprint density at radius 3 is 2.70 bits per heavy atom. The van der Waals surface area contributed by atoms with Crippen molar-refractivity contribution >= 4 is 12.0 Å². The highest BCUT2D eigenvalue weighted by Crippen LogP contribution is 2.34. The molecule has 1 aromatic carbocycles. The van der Waals surface area contributed by atoms with Gasteiger partial charge in [-0.1, -0.05) is 32.3 Å². The fourth-order valence-corrected chi connectivity index (χ4v) is 2.97. The van der Waals surface area contributed by atoms with Crippen molar-refractivity contribution in [3.8, 4) is 11.5 Å². The molecule has 148 valence electrons. The second kappa shape index (κ2) is 9.85. The summed E-state index contributed by atoms with van der Waals surface area (Å²) in [6.07, 6.45) is 4.03. The van der Waals surface area contributed by atoms with Crippen molar-refractivity contribution in [3.05, 3.63) is 35.0 Å². The van der Waals surface area contributed by atoms with E-state index in [-0.39, 0.29) is 5.75 Å². The van der Waals surface area contributed by atoms with Crippen molar-refractivity contribution in [2.24, 2.45) is 0 Å². The van der Waals surface area contributed by atoms with E-state index >= 15 is 0 Å². The SMILES string of the molecule is CCCCCCOC(=O)C1=C(C)NC(=O)NC1c1ccc(O)c(OCC)c1. The summed E-state index contributed by atoms with van der Waals surface area (Å²) in [4.78, 5) is 24.6. The van der Waals surface area contributed by atoms with Crippen LogP contribution in [0.25, 0.3) is 0 Å². The second-order valence-corrected chi connectivity index (χ2v) is 6.43. The molecule has 0 spiro atoms. The summed E-state index contributed by atoms with van der Waals surface area (Å²) < 4.78 is 10.8. The molecule has 1 aromatic rings. The molecule has 3 N–H and O–H groups in total. The van der Waals surface area contributed by atoms with Crippen LogP contribution in [0.5, 0.6) is 11.5 Å². The third-order valence-electron chi connectivity index (χ3n) is 4.34. The first kappa shape index (κ1) is 20.6. The molecule has 1 atom stereocenters. The van der Waals surface area contributed by atoms with E-state index in [0.717, 1.165) is 25.7 Å². The van der Waals surface area contributed by atoms with Crippen molar-refractivity contribution in [2.75, 3.05) is 13.2 Å². The number of nitrogens with one attached hydrogen (secondary N) is 2. The van der Waals surface area contributed by atoms with Gasteiger partial charge in [-0.2, -0.15) is 0 Å². The van der Waals surface area contributed by atoms with Crippen LogP contribution in [-0.2, 0) is 9.53 Å². The van der Waals surface area contributed by atoms with Crippen LogP contribution in [0.3, 0.4) is 0 Å². The van der Waals surface area contributed by atoms with Crippen LogP contribution in [0.15, 0.2) is 29.5 Å². The lowest BCUT2D eigenvalue weighted by molar-refractivity contribution is -0.139. The van der Waals surface area contributed by atoms with E-state index < -0.39 is 18.0 Å². The fraction of sp³-hybridized carbons (Fsp3) is 0.500. The van der Waals surface area contributed by atoms with Gasteiger partial charge in [-0.05, 0) is 38.0 Å². The molecule has 1 heterocycles. The average Bonchev–Trinajstić information content (AvgIpc) is 2.62. The largest absolute Gasteiger partial charge is 0.504 e. The van der Waals surface area contributed by atoms with Crippen LogP contribution in [0.4, 0.5) is 4.79 Å². The number of esters is 1. The van der Waals surface area contributed by atoms with Crippen molar-refractivity contribution in [3.63, 3.8) is 0 Å². The maximum Gasteiger partial charge on any atom is 0.338 e. The van der Waals surface area contributed by atoms with Gasteiger partial charge in [0.25, 0.3) is 0 Å². The van der Waals surface area contributed by atoms with Gasteiger partial charge < -0.3 is 25.2 Å². The number of urea groups is 1. The molecule has 0 saturated heterocycles. The molecule has 0 radical (unpaired) electrons. The van der Waals surface area contributed by atoms with Gasteiger partial charge in [-0.15, -0.1) is 0 Å². The molecule has 27 heavy (non-hydrogen) atoms. The topological polar surface area (TPSA) is 96.9 Å². The van der Waals surface area contributed by atoms with Crippen molar-refractivity contribution in [2.45, 2.75) is 52.5 Å². The van der Waals surface area contributed by atoms with Gasteiger partial charge in [-0.3, -0.25) is 0 Å². The highest BCUT2D eigenvalue weighted by atomic mass is 16.5. The summed E-state index contributed by atoms with van der Waals surface area (Å²) in [6, 6.07) is 3.68. The zero-order valence-electron chi connectivity index (χ0n) is 16.1. The molecule has 0 aliphatic carbocycles. The monoisotopic (exact) mass is 376 g/mol. The summed E-state index contributed by atoms with van der Waals surface area (Å²) in [7, 11) is 0. The molecule has 1 unspecified atom stereocenters. The number of carbonyl (C=O) groups is 2. The lowest BCUT2D eigenvalue weighted by Gasteiger charge is -2.28. The van der Waals surface area contributed by atoms with Gasteiger partial charge in [0.05, 0.1) is 24.8 Å². The Kier molecular flexibility index (Phi) is 7.52. The van der Waals surface area contributed by atoms with Crippen LogP contribution >= 0.6 is 0 Å². The number of amides is 2. The normalized spacial score (nSPS) is 16.6. The number of ether oxygens (including phenoxy) is 2. The Bertz CT molecular complexity index is 714. The van der Waals surface area contributed by atoms with E-state index in [1.807, 2.05) is 6.92 Å². The molecule has 1 aliphatic heterocycles. The number of rotatable bonds is 9. The first-order valence-electron chi connectivity index (χ1n) is 9.39. The zero-order chi connectivity index (χ0) is 19.8. The van der Waals surface area contributed by atoms with Crippen molar-refractivity contribution in [1.82, 2.24) is 10.6 Å². The minimum absolute atomic E-state index is 0.00149. The van der Waals surface area contributed by atoms with Crippen LogP contribution < -0.4 is 15.4 Å². The Morgan fingerprint density at radius 2 is 2.00 bits per heavy atom. The molecule has 7 nitrogen and oxygen atoms in total. The Hall–Kier alpha value is -2.70. The van der Waals surface area contributed by atoms with Gasteiger partial charge in [0.2, 0.25) is 0 Å². The van der Waals surface area contributed by atoms with Crippen LogP contribution in [0.2, 0.25) is 0 Å². The predicted molar refractivity (Wildman–Crippen MR) is 101 cm³/mol. The Labute approximate surface area is 159 Å². The van der Waals surface area contributed by atoms with Gasteiger partial charge in [-0.25, -0.2) is 9.59 Å². The van der Waals surface area contributed by atoms with E-state index in [9.17, 15) is 14.7 Å². The zero-order valence-corrected chi connectivity index (χ0v) is 16.1. The lowest BCUT2D eigenvalue weighted by atomic mass is 9.95. The molecular formula is C20H28N2O5. The molecule has 0 fully saturated rings. The minimum Gasteiger partial charge on any atom is -0.504 e. The first-order valence-corrected chi connectivity index (χ1v) is 9.39. The Balaban J connectivity index is 2.22. The number of allylic oxidation sites excluding steroid dienone is 1. The average molecular weight is 376 g/mol. The number of hydrogen-bond donors (Lipinski definition) is 3. The number of aromatic hydroxyl groups is 1. The smallest absolute Gasteiger partial charge is 0.338 e. The van der Waals surface area contributed by atoms with Gasteiger partial charge in [0.1, 0.15) is 0 Å². The van der Waals surface area contributed by atoms with E-state index in [2.05, 4.69) is 17.6 Å². The summed E-state index contributed by atoms with van der Waals surface area (Å²) in [5.41, 5.74) is 1.43. The molecule has 2 rings (SSSR count). The quantitative estimate of drug-likeness (QED) is 0.452. The summed E-state index contributed by atoms with van der Waals surface area (Å²) >= 11 is 0. The number of carbonyl (C=O) groups excluding carboxylic acids is 2. The molecular weight excluding hydrogens is 348 g/mol. The molecule has 0 aromatic heterocycles. The molecule has 0 saturated carbocycles. The maximum absolute atomic E-state index is 12.7. The van der Waals surface area contributed by atoms with Crippen LogP contribution in [0, 0.1) is 0 Å². The molecule has 0 bridgehead atoms. The van der Waals surface area contributed by atoms with Crippen molar-refractivity contribution in [1.29, 1.82) is 0 Å². The third-order valence-corrected chi connectivity index (χ3v) is 4.34. The van der Waals surface area contributed by atoms with E-state index in [1.54, 1.807) is 19.1 Å². The van der Waals surface area contributed by atoms with Crippen LogP contribution in [0.1, 0.15) is 58.1 Å². The predicted octanol–water partition coefficient (Wildman–Crippen LogP) is 3.54. The van der Waals surface area contributed by atoms with Crippen molar-refractivity contribution < 1.29 is 24.2 Å². The maximum atomic E-state index is 12.7. The fourth-order valence-electron chi connectivity index (χ4n) is 2.97. The Morgan fingerprint density at radius 1 is 1.22 bits per heavy atom. The van der Waals surface area contributed by atoms with E-state index in [4.69, 9.17) is 9.47 Å². The number of phenols is 1. The molecule has 7 heteroatoms. The summed E-state index contributed by atoms with van der Waals surface area (Å²) in [5, 5.41) is 15.3. The number of unbranched alkanes of at least 4 members (excludes halogenated alkanes) is 3. The minimum atomic E-state index is -0.679. The summed E-state index contributed by atoms with van der Waals surface area (Å²) in [5.74, 6) is -0.165. The lowest BCUT2D eigenvalue weighted by Crippen LogP contribution is -2.45.